The van der Waals surface area contributed by atoms with E-state index in [1.54, 1.807) is 25.3 Å². The molecule has 1 heterocycles. The maximum absolute atomic E-state index is 12.2. The fourth-order valence-electron chi connectivity index (χ4n) is 1.90. The van der Waals surface area contributed by atoms with E-state index in [9.17, 15) is 8.42 Å². The molecule has 0 amide bonds. The average Bonchev–Trinajstić information content (AvgIpc) is 2.76. The SMILES string of the molecule is C=CCN(C)S(=O)(=O)c1ccc2c(c1)CCN2. The van der Waals surface area contributed by atoms with Crippen LogP contribution in [0, 0.1) is 0 Å². The van der Waals surface area contributed by atoms with Crippen LogP contribution in [0.5, 0.6) is 0 Å². The molecule has 5 heteroatoms. The average molecular weight is 252 g/mol. The standard InChI is InChI=1S/C12H16N2O2S/c1-3-8-14(2)17(15,16)11-4-5-12-10(9-11)6-7-13-12/h3-5,9,13H,1,6-8H2,2H3. The Morgan fingerprint density at radius 3 is 3.00 bits per heavy atom. The van der Waals surface area contributed by atoms with Crippen molar-refractivity contribution in [2.24, 2.45) is 0 Å². The van der Waals surface area contributed by atoms with Crippen molar-refractivity contribution in [1.82, 2.24) is 4.31 Å². The van der Waals surface area contributed by atoms with E-state index in [-0.39, 0.29) is 0 Å². The molecular weight excluding hydrogens is 236 g/mol. The molecule has 0 unspecified atom stereocenters. The molecule has 0 saturated carbocycles. The van der Waals surface area contributed by atoms with E-state index in [4.69, 9.17) is 0 Å². The fourth-order valence-corrected chi connectivity index (χ4v) is 3.09. The summed E-state index contributed by atoms with van der Waals surface area (Å²) in [7, 11) is -1.83. The van der Waals surface area contributed by atoms with E-state index >= 15 is 0 Å². The zero-order valence-corrected chi connectivity index (χ0v) is 10.6. The number of benzene rings is 1. The number of sulfonamides is 1. The number of hydrogen-bond acceptors (Lipinski definition) is 3. The second kappa shape index (κ2) is 4.50. The Balaban J connectivity index is 2.37. The minimum absolute atomic E-state index is 0.317. The fraction of sp³-hybridized carbons (Fsp3) is 0.333. The van der Waals surface area contributed by atoms with Gasteiger partial charge in [0.05, 0.1) is 4.90 Å². The number of anilines is 1. The van der Waals surface area contributed by atoms with Crippen LogP contribution < -0.4 is 5.32 Å². The Labute approximate surface area is 102 Å². The number of fused-ring (bicyclic) bond motifs is 1. The van der Waals surface area contributed by atoms with Crippen molar-refractivity contribution < 1.29 is 8.42 Å². The Hall–Kier alpha value is -1.33. The van der Waals surface area contributed by atoms with E-state index in [1.165, 1.54) is 4.31 Å². The normalized spacial score (nSPS) is 14.5. The van der Waals surface area contributed by atoms with E-state index in [1.807, 2.05) is 6.07 Å². The van der Waals surface area contributed by atoms with Crippen LogP contribution in [0.25, 0.3) is 0 Å². The Bertz CT molecular complexity index is 537. The molecule has 0 spiro atoms. The van der Waals surface area contributed by atoms with Gasteiger partial charge in [-0.1, -0.05) is 6.08 Å². The third-order valence-corrected chi connectivity index (χ3v) is 4.70. The number of nitrogens with one attached hydrogen (secondary N) is 1. The maximum atomic E-state index is 12.2. The molecule has 0 radical (unpaired) electrons. The molecule has 1 aliphatic rings. The van der Waals surface area contributed by atoms with Crippen molar-refractivity contribution in [2.45, 2.75) is 11.3 Å². The van der Waals surface area contributed by atoms with Gasteiger partial charge in [0.15, 0.2) is 0 Å². The molecule has 1 aromatic rings. The molecule has 0 bridgehead atoms. The number of rotatable bonds is 4. The summed E-state index contributed by atoms with van der Waals surface area (Å²) >= 11 is 0. The summed E-state index contributed by atoms with van der Waals surface area (Å²) in [5.74, 6) is 0. The highest BCUT2D eigenvalue weighted by Crippen LogP contribution is 2.26. The van der Waals surface area contributed by atoms with E-state index in [2.05, 4.69) is 11.9 Å². The molecule has 17 heavy (non-hydrogen) atoms. The molecule has 0 saturated heterocycles. The molecule has 4 nitrogen and oxygen atoms in total. The van der Waals surface area contributed by atoms with Gasteiger partial charge in [-0.3, -0.25) is 0 Å². The monoisotopic (exact) mass is 252 g/mol. The van der Waals surface area contributed by atoms with E-state index in [0.29, 0.717) is 11.4 Å². The van der Waals surface area contributed by atoms with Crippen LogP contribution in [0.1, 0.15) is 5.56 Å². The summed E-state index contributed by atoms with van der Waals surface area (Å²) in [4.78, 5) is 0.351. The highest BCUT2D eigenvalue weighted by atomic mass is 32.2. The molecule has 1 aliphatic heterocycles. The topological polar surface area (TPSA) is 49.4 Å². The summed E-state index contributed by atoms with van der Waals surface area (Å²) < 4.78 is 25.7. The molecule has 92 valence electrons. The molecule has 1 N–H and O–H groups in total. The van der Waals surface area contributed by atoms with Gasteiger partial charge in [0.25, 0.3) is 0 Å². The van der Waals surface area contributed by atoms with Crippen molar-refractivity contribution in [3.05, 3.63) is 36.4 Å². The molecule has 0 aliphatic carbocycles. The van der Waals surface area contributed by atoms with Gasteiger partial charge in [0, 0.05) is 25.8 Å². The van der Waals surface area contributed by atoms with Crippen molar-refractivity contribution in [3.63, 3.8) is 0 Å². The van der Waals surface area contributed by atoms with Gasteiger partial charge in [-0.2, -0.15) is 4.31 Å². The zero-order chi connectivity index (χ0) is 12.5. The lowest BCUT2D eigenvalue weighted by Crippen LogP contribution is -2.27. The third kappa shape index (κ3) is 2.21. The predicted molar refractivity (Wildman–Crippen MR) is 68.6 cm³/mol. The third-order valence-electron chi connectivity index (χ3n) is 2.88. The molecular formula is C12H16N2O2S. The van der Waals surface area contributed by atoms with Crippen molar-refractivity contribution in [3.8, 4) is 0 Å². The summed E-state index contributed by atoms with van der Waals surface area (Å²) in [6.07, 6.45) is 2.45. The minimum Gasteiger partial charge on any atom is -0.384 e. The quantitative estimate of drug-likeness (QED) is 0.825. The first kappa shape index (κ1) is 12.1. The first-order chi connectivity index (χ1) is 8.05. The largest absolute Gasteiger partial charge is 0.384 e. The molecule has 0 fully saturated rings. The molecule has 0 atom stereocenters. The van der Waals surface area contributed by atoms with Crippen LogP contribution in [0.15, 0.2) is 35.7 Å². The molecule has 2 rings (SSSR count). The smallest absolute Gasteiger partial charge is 0.243 e. The van der Waals surface area contributed by atoms with Gasteiger partial charge < -0.3 is 5.32 Å². The summed E-state index contributed by atoms with van der Waals surface area (Å²) in [6, 6.07) is 5.23. The first-order valence-electron chi connectivity index (χ1n) is 5.50. The van der Waals surface area contributed by atoms with Crippen molar-refractivity contribution in [1.29, 1.82) is 0 Å². The summed E-state index contributed by atoms with van der Waals surface area (Å²) in [6.45, 7) is 4.74. The lowest BCUT2D eigenvalue weighted by molar-refractivity contribution is 0.499. The summed E-state index contributed by atoms with van der Waals surface area (Å²) in [5, 5.41) is 3.21. The van der Waals surface area contributed by atoms with Gasteiger partial charge in [0.2, 0.25) is 10.0 Å². The van der Waals surface area contributed by atoms with Crippen LogP contribution in [0.3, 0.4) is 0 Å². The van der Waals surface area contributed by atoms with E-state index < -0.39 is 10.0 Å². The van der Waals surface area contributed by atoms with Crippen LogP contribution in [-0.2, 0) is 16.4 Å². The number of likely N-dealkylation sites (N-methyl/N-ethyl adjacent to an activating group) is 1. The second-order valence-electron chi connectivity index (χ2n) is 4.07. The number of hydrogen-bond donors (Lipinski definition) is 1. The number of nitrogens with zero attached hydrogens (tertiary/aromatic N) is 1. The molecule has 1 aromatic carbocycles. The lowest BCUT2D eigenvalue weighted by Gasteiger charge is -2.15. The van der Waals surface area contributed by atoms with Gasteiger partial charge in [-0.25, -0.2) is 8.42 Å². The highest BCUT2D eigenvalue weighted by Gasteiger charge is 2.21. The van der Waals surface area contributed by atoms with Crippen LogP contribution in [0.4, 0.5) is 5.69 Å². The van der Waals surface area contributed by atoms with Gasteiger partial charge in [0.1, 0.15) is 0 Å². The van der Waals surface area contributed by atoms with Crippen LogP contribution in [-0.4, -0.2) is 32.9 Å². The van der Waals surface area contributed by atoms with Gasteiger partial charge in [-0.05, 0) is 30.2 Å². The predicted octanol–water partition coefficient (Wildman–Crippen LogP) is 1.46. The maximum Gasteiger partial charge on any atom is 0.243 e. The minimum atomic E-state index is -3.39. The summed E-state index contributed by atoms with van der Waals surface area (Å²) in [5.41, 5.74) is 2.11. The highest BCUT2D eigenvalue weighted by molar-refractivity contribution is 7.89. The Morgan fingerprint density at radius 1 is 1.53 bits per heavy atom. The zero-order valence-electron chi connectivity index (χ0n) is 9.81. The second-order valence-corrected chi connectivity index (χ2v) is 6.11. The van der Waals surface area contributed by atoms with Gasteiger partial charge >= 0.3 is 0 Å². The van der Waals surface area contributed by atoms with Crippen molar-refractivity contribution >= 4 is 15.7 Å². The first-order valence-corrected chi connectivity index (χ1v) is 6.94. The van der Waals surface area contributed by atoms with E-state index in [0.717, 1.165) is 24.2 Å². The Kier molecular flexibility index (Phi) is 3.22. The van der Waals surface area contributed by atoms with Crippen molar-refractivity contribution in [2.75, 3.05) is 25.5 Å². The Morgan fingerprint density at radius 2 is 2.29 bits per heavy atom. The molecule has 0 aromatic heterocycles. The van der Waals surface area contributed by atoms with Crippen LogP contribution in [0.2, 0.25) is 0 Å². The van der Waals surface area contributed by atoms with Crippen LogP contribution >= 0.6 is 0 Å². The van der Waals surface area contributed by atoms with Gasteiger partial charge in [-0.15, -0.1) is 6.58 Å². The lowest BCUT2D eigenvalue weighted by atomic mass is 10.2.